The minimum Gasteiger partial charge on any atom is -0.298 e. The van der Waals surface area contributed by atoms with Crippen molar-refractivity contribution in [2.24, 2.45) is 0 Å². The van der Waals surface area contributed by atoms with Crippen molar-refractivity contribution in [3.63, 3.8) is 0 Å². The van der Waals surface area contributed by atoms with E-state index in [1.54, 1.807) is 18.3 Å². The molecular formula is C9H8ClNO. The molecule has 0 radical (unpaired) electrons. The molecule has 12 heavy (non-hydrogen) atoms. The normalized spacial score (nSPS) is 10.4. The summed E-state index contributed by atoms with van der Waals surface area (Å²) in [5.41, 5.74) is 1.46. The maximum atomic E-state index is 10.3. The number of carbonyl (C=O) groups is 1. The summed E-state index contributed by atoms with van der Waals surface area (Å²) < 4.78 is 0. The van der Waals surface area contributed by atoms with Crippen molar-refractivity contribution in [1.29, 1.82) is 0 Å². The largest absolute Gasteiger partial charge is 0.298 e. The minimum absolute atomic E-state index is 0.464. The molecule has 1 heterocycles. The molecule has 2 nitrogen and oxygen atoms in total. The van der Waals surface area contributed by atoms with Crippen LogP contribution < -0.4 is 0 Å². The Morgan fingerprint density at radius 1 is 1.42 bits per heavy atom. The van der Waals surface area contributed by atoms with Gasteiger partial charge in [-0.05, 0) is 11.6 Å². The van der Waals surface area contributed by atoms with Gasteiger partial charge in [-0.3, -0.25) is 9.78 Å². The van der Waals surface area contributed by atoms with Gasteiger partial charge in [0.15, 0.2) is 6.29 Å². The van der Waals surface area contributed by atoms with Crippen LogP contribution in [0.5, 0.6) is 0 Å². The van der Waals surface area contributed by atoms with Crippen LogP contribution in [0.15, 0.2) is 24.5 Å². The van der Waals surface area contributed by atoms with Gasteiger partial charge in [-0.25, -0.2) is 0 Å². The van der Waals surface area contributed by atoms with Crippen molar-refractivity contribution in [3.05, 3.63) is 35.7 Å². The molecule has 0 N–H and O–H groups in total. The standard InChI is InChI=1S/C9H8ClNO/c10-3-1-2-8-4-9(7-12)6-11-5-8/h1-2,4-7H,3H2. The van der Waals surface area contributed by atoms with Crippen LogP contribution in [0.1, 0.15) is 15.9 Å². The third kappa shape index (κ3) is 2.47. The number of aromatic nitrogens is 1. The Morgan fingerprint density at radius 2 is 2.17 bits per heavy atom. The van der Waals surface area contributed by atoms with E-state index in [4.69, 9.17) is 11.6 Å². The van der Waals surface area contributed by atoms with E-state index in [2.05, 4.69) is 4.98 Å². The fourth-order valence-corrected chi connectivity index (χ4v) is 0.902. The lowest BCUT2D eigenvalue weighted by atomic mass is 10.2. The van der Waals surface area contributed by atoms with Crippen LogP contribution in [0.2, 0.25) is 0 Å². The second kappa shape index (κ2) is 4.67. The molecule has 0 saturated heterocycles. The van der Waals surface area contributed by atoms with Crippen molar-refractivity contribution in [2.75, 3.05) is 5.88 Å². The maximum absolute atomic E-state index is 10.3. The molecule has 0 amide bonds. The molecular weight excluding hydrogens is 174 g/mol. The summed E-state index contributed by atoms with van der Waals surface area (Å²) in [6.45, 7) is 0. The monoisotopic (exact) mass is 181 g/mol. The van der Waals surface area contributed by atoms with Crippen LogP contribution in [0.4, 0.5) is 0 Å². The summed E-state index contributed by atoms with van der Waals surface area (Å²) in [6.07, 6.45) is 7.59. The van der Waals surface area contributed by atoms with E-state index in [0.717, 1.165) is 11.8 Å². The molecule has 0 atom stereocenters. The lowest BCUT2D eigenvalue weighted by Gasteiger charge is -1.92. The van der Waals surface area contributed by atoms with Gasteiger partial charge in [0.05, 0.1) is 0 Å². The first-order valence-corrected chi connectivity index (χ1v) is 4.03. The third-order valence-corrected chi connectivity index (χ3v) is 1.49. The Labute approximate surface area is 75.9 Å². The number of rotatable bonds is 3. The molecule has 0 spiro atoms. The van der Waals surface area contributed by atoms with Crippen LogP contribution >= 0.6 is 11.6 Å². The van der Waals surface area contributed by atoms with E-state index in [0.29, 0.717) is 11.4 Å². The Bertz CT molecular complexity index is 296. The molecule has 0 aliphatic rings. The van der Waals surface area contributed by atoms with Crippen molar-refractivity contribution in [2.45, 2.75) is 0 Å². The number of hydrogen-bond donors (Lipinski definition) is 0. The minimum atomic E-state index is 0.464. The van der Waals surface area contributed by atoms with E-state index < -0.39 is 0 Å². The average Bonchev–Trinajstić information content (AvgIpc) is 2.15. The summed E-state index contributed by atoms with van der Waals surface area (Å²) in [5.74, 6) is 0.464. The first kappa shape index (κ1) is 8.94. The summed E-state index contributed by atoms with van der Waals surface area (Å²) in [7, 11) is 0. The number of pyridine rings is 1. The van der Waals surface area contributed by atoms with Crippen LogP contribution in [0, 0.1) is 0 Å². The Morgan fingerprint density at radius 3 is 2.83 bits per heavy atom. The number of halogens is 1. The van der Waals surface area contributed by atoms with Crippen LogP contribution in [0.25, 0.3) is 6.08 Å². The van der Waals surface area contributed by atoms with E-state index in [-0.39, 0.29) is 0 Å². The summed E-state index contributed by atoms with van der Waals surface area (Å²) in [4.78, 5) is 14.2. The number of aldehydes is 1. The van der Waals surface area contributed by atoms with Gasteiger partial charge in [-0.15, -0.1) is 11.6 Å². The average molecular weight is 182 g/mol. The van der Waals surface area contributed by atoms with Gasteiger partial charge >= 0.3 is 0 Å². The molecule has 0 aromatic carbocycles. The Balaban J connectivity index is 2.86. The lowest BCUT2D eigenvalue weighted by Crippen LogP contribution is -1.83. The molecule has 1 aromatic rings. The van der Waals surface area contributed by atoms with E-state index >= 15 is 0 Å². The first-order valence-electron chi connectivity index (χ1n) is 3.49. The number of hydrogen-bond acceptors (Lipinski definition) is 2. The van der Waals surface area contributed by atoms with Gasteiger partial charge in [0.1, 0.15) is 0 Å². The second-order valence-corrected chi connectivity index (χ2v) is 2.53. The molecule has 3 heteroatoms. The van der Waals surface area contributed by atoms with Crippen LogP contribution in [-0.4, -0.2) is 17.2 Å². The number of carbonyl (C=O) groups excluding carboxylic acids is 1. The highest BCUT2D eigenvalue weighted by atomic mass is 35.5. The highest BCUT2D eigenvalue weighted by Crippen LogP contribution is 2.02. The molecule has 0 saturated carbocycles. The molecule has 0 aliphatic heterocycles. The van der Waals surface area contributed by atoms with Crippen molar-refractivity contribution >= 4 is 24.0 Å². The topological polar surface area (TPSA) is 30.0 Å². The zero-order valence-corrected chi connectivity index (χ0v) is 7.16. The number of nitrogens with zero attached hydrogens (tertiary/aromatic N) is 1. The maximum Gasteiger partial charge on any atom is 0.151 e. The fraction of sp³-hybridized carbons (Fsp3) is 0.111. The molecule has 1 aromatic heterocycles. The van der Waals surface area contributed by atoms with Crippen LogP contribution in [-0.2, 0) is 0 Å². The molecule has 0 aliphatic carbocycles. The summed E-state index contributed by atoms with van der Waals surface area (Å²) >= 11 is 5.45. The predicted molar refractivity (Wildman–Crippen MR) is 49.4 cm³/mol. The number of alkyl halides is 1. The van der Waals surface area contributed by atoms with Crippen LogP contribution in [0.3, 0.4) is 0 Å². The van der Waals surface area contributed by atoms with E-state index in [1.165, 1.54) is 6.20 Å². The van der Waals surface area contributed by atoms with Crippen molar-refractivity contribution in [3.8, 4) is 0 Å². The molecule has 1 rings (SSSR count). The zero-order chi connectivity index (χ0) is 8.81. The molecule has 0 bridgehead atoms. The molecule has 62 valence electrons. The quantitative estimate of drug-likeness (QED) is 0.528. The van der Waals surface area contributed by atoms with Crippen molar-refractivity contribution < 1.29 is 4.79 Å². The third-order valence-electron chi connectivity index (χ3n) is 1.32. The number of allylic oxidation sites excluding steroid dienone is 1. The predicted octanol–water partition coefficient (Wildman–Crippen LogP) is 2.15. The lowest BCUT2D eigenvalue weighted by molar-refractivity contribution is 0.112. The summed E-state index contributed by atoms with van der Waals surface area (Å²) in [5, 5.41) is 0. The smallest absolute Gasteiger partial charge is 0.151 e. The summed E-state index contributed by atoms with van der Waals surface area (Å²) in [6, 6.07) is 1.75. The van der Waals surface area contributed by atoms with Gasteiger partial charge < -0.3 is 0 Å². The van der Waals surface area contributed by atoms with E-state index in [9.17, 15) is 4.79 Å². The van der Waals surface area contributed by atoms with Gasteiger partial charge in [-0.2, -0.15) is 0 Å². The van der Waals surface area contributed by atoms with Gasteiger partial charge in [0.25, 0.3) is 0 Å². The zero-order valence-electron chi connectivity index (χ0n) is 6.40. The first-order chi connectivity index (χ1) is 5.86. The highest BCUT2D eigenvalue weighted by molar-refractivity contribution is 6.19. The Hall–Kier alpha value is -1.15. The van der Waals surface area contributed by atoms with Gasteiger partial charge in [-0.1, -0.05) is 12.2 Å². The van der Waals surface area contributed by atoms with Gasteiger partial charge in [0, 0.05) is 23.8 Å². The second-order valence-electron chi connectivity index (χ2n) is 2.23. The molecule has 0 fully saturated rings. The Kier molecular flexibility index (Phi) is 3.48. The SMILES string of the molecule is O=Cc1cncc(C=CCCl)c1. The van der Waals surface area contributed by atoms with Crippen molar-refractivity contribution in [1.82, 2.24) is 4.98 Å². The van der Waals surface area contributed by atoms with Gasteiger partial charge in [0.2, 0.25) is 0 Å². The fourth-order valence-electron chi connectivity index (χ4n) is 0.813. The highest BCUT2D eigenvalue weighted by Gasteiger charge is 1.90. The molecule has 0 unspecified atom stereocenters. The van der Waals surface area contributed by atoms with E-state index in [1.807, 2.05) is 6.08 Å².